The van der Waals surface area contributed by atoms with Crippen LogP contribution in [0.25, 0.3) is 11.4 Å². The number of pyridine rings is 1. The van der Waals surface area contributed by atoms with Crippen molar-refractivity contribution in [3.63, 3.8) is 0 Å². The second-order valence-corrected chi connectivity index (χ2v) is 5.83. The number of aromatic nitrogens is 3. The van der Waals surface area contributed by atoms with Gasteiger partial charge in [0.1, 0.15) is 0 Å². The van der Waals surface area contributed by atoms with E-state index >= 15 is 0 Å². The van der Waals surface area contributed by atoms with E-state index in [-0.39, 0.29) is 25.0 Å². The first-order valence-corrected chi connectivity index (χ1v) is 7.71. The summed E-state index contributed by atoms with van der Waals surface area (Å²) in [5.74, 6) is 1.14. The van der Waals surface area contributed by atoms with Crippen molar-refractivity contribution in [1.82, 2.24) is 20.4 Å². The summed E-state index contributed by atoms with van der Waals surface area (Å²) < 4.78 is 5.15. The molecule has 1 unspecified atom stereocenters. The van der Waals surface area contributed by atoms with Crippen LogP contribution in [0.4, 0.5) is 0 Å². The largest absolute Gasteiger partial charge is 0.394 e. The topological polar surface area (TPSA) is 101 Å². The van der Waals surface area contributed by atoms with Crippen LogP contribution in [0.3, 0.4) is 0 Å². The molecule has 0 fully saturated rings. The van der Waals surface area contributed by atoms with Crippen molar-refractivity contribution in [2.24, 2.45) is 5.92 Å². The molecule has 1 amide bonds. The Bertz CT molecular complexity index is 613. The van der Waals surface area contributed by atoms with Crippen LogP contribution in [0.5, 0.6) is 0 Å². The fourth-order valence-electron chi connectivity index (χ4n) is 2.24. The summed E-state index contributed by atoms with van der Waals surface area (Å²) in [4.78, 5) is 20.2. The quantitative estimate of drug-likeness (QED) is 0.766. The molecule has 2 aromatic rings. The van der Waals surface area contributed by atoms with Gasteiger partial charge in [0.05, 0.1) is 12.6 Å². The van der Waals surface area contributed by atoms with Gasteiger partial charge >= 0.3 is 0 Å². The van der Waals surface area contributed by atoms with Gasteiger partial charge in [0, 0.05) is 30.8 Å². The molecule has 0 saturated carbocycles. The fraction of sp³-hybridized carbons (Fsp3) is 0.500. The number of nitrogens with zero attached hydrogens (tertiary/aromatic N) is 3. The number of carbonyl (C=O) groups is 1. The molecule has 124 valence electrons. The van der Waals surface area contributed by atoms with Crippen molar-refractivity contribution in [2.45, 2.75) is 39.2 Å². The van der Waals surface area contributed by atoms with Gasteiger partial charge in [-0.1, -0.05) is 19.0 Å². The van der Waals surface area contributed by atoms with Crippen molar-refractivity contribution >= 4 is 5.91 Å². The lowest BCUT2D eigenvalue weighted by Gasteiger charge is -2.17. The number of nitrogens with one attached hydrogen (secondary N) is 1. The minimum atomic E-state index is -0.212. The van der Waals surface area contributed by atoms with E-state index in [1.807, 2.05) is 19.9 Å². The highest BCUT2D eigenvalue weighted by atomic mass is 16.5. The van der Waals surface area contributed by atoms with Crippen molar-refractivity contribution in [3.05, 3.63) is 30.4 Å². The average molecular weight is 318 g/mol. The summed E-state index contributed by atoms with van der Waals surface area (Å²) >= 11 is 0. The van der Waals surface area contributed by atoms with E-state index < -0.39 is 0 Å². The molecule has 2 heterocycles. The van der Waals surface area contributed by atoms with E-state index in [1.54, 1.807) is 18.5 Å². The summed E-state index contributed by atoms with van der Waals surface area (Å²) in [7, 11) is 0. The Morgan fingerprint density at radius 2 is 2.26 bits per heavy atom. The number of amides is 1. The molecule has 23 heavy (non-hydrogen) atoms. The van der Waals surface area contributed by atoms with E-state index in [0.29, 0.717) is 24.1 Å². The van der Waals surface area contributed by atoms with Crippen molar-refractivity contribution < 1.29 is 14.4 Å². The van der Waals surface area contributed by atoms with E-state index in [4.69, 9.17) is 4.52 Å². The van der Waals surface area contributed by atoms with Gasteiger partial charge in [-0.25, -0.2) is 0 Å². The van der Waals surface area contributed by atoms with E-state index in [0.717, 1.165) is 12.0 Å². The molecule has 7 heteroatoms. The van der Waals surface area contributed by atoms with Crippen LogP contribution in [0, 0.1) is 5.92 Å². The van der Waals surface area contributed by atoms with E-state index in [9.17, 15) is 9.90 Å². The zero-order chi connectivity index (χ0) is 16.7. The molecule has 0 saturated heterocycles. The maximum Gasteiger partial charge on any atom is 0.227 e. The van der Waals surface area contributed by atoms with Crippen LogP contribution in [0.15, 0.2) is 29.0 Å². The SMILES string of the molecule is CC(C)CC(CO)NC(=O)CCc1nc(-c2cccnc2)no1. The van der Waals surface area contributed by atoms with Gasteiger partial charge in [0.15, 0.2) is 0 Å². The highest BCUT2D eigenvalue weighted by Crippen LogP contribution is 2.14. The summed E-state index contributed by atoms with van der Waals surface area (Å²) in [5.41, 5.74) is 0.768. The van der Waals surface area contributed by atoms with Gasteiger partial charge < -0.3 is 14.9 Å². The number of hydrogen-bond donors (Lipinski definition) is 2. The molecule has 2 aromatic heterocycles. The molecule has 0 spiro atoms. The number of rotatable bonds is 8. The molecule has 2 N–H and O–H groups in total. The van der Waals surface area contributed by atoms with Crippen LogP contribution in [0.1, 0.15) is 32.6 Å². The normalized spacial score (nSPS) is 12.3. The highest BCUT2D eigenvalue weighted by Gasteiger charge is 2.15. The highest BCUT2D eigenvalue weighted by molar-refractivity contribution is 5.76. The maximum atomic E-state index is 11.9. The van der Waals surface area contributed by atoms with Crippen LogP contribution in [-0.4, -0.2) is 38.8 Å². The predicted molar refractivity (Wildman–Crippen MR) is 84.3 cm³/mol. The Balaban J connectivity index is 1.84. The first-order valence-electron chi connectivity index (χ1n) is 7.71. The predicted octanol–water partition coefficient (Wildman–Crippen LogP) is 1.59. The van der Waals surface area contributed by atoms with Crippen LogP contribution in [-0.2, 0) is 11.2 Å². The summed E-state index contributed by atoms with van der Waals surface area (Å²) in [5, 5.41) is 16.0. The minimum Gasteiger partial charge on any atom is -0.394 e. The van der Waals surface area contributed by atoms with Crippen molar-refractivity contribution in [2.75, 3.05) is 6.61 Å². The smallest absolute Gasteiger partial charge is 0.227 e. The van der Waals surface area contributed by atoms with Crippen LogP contribution < -0.4 is 5.32 Å². The van der Waals surface area contributed by atoms with E-state index in [2.05, 4.69) is 20.4 Å². The summed E-state index contributed by atoms with van der Waals surface area (Å²) in [6.45, 7) is 4.04. The molecule has 0 bridgehead atoms. The molecule has 0 aliphatic carbocycles. The molecule has 1 atom stereocenters. The van der Waals surface area contributed by atoms with Gasteiger partial charge in [-0.2, -0.15) is 4.98 Å². The van der Waals surface area contributed by atoms with Gasteiger partial charge in [-0.05, 0) is 24.5 Å². The van der Waals surface area contributed by atoms with Crippen LogP contribution >= 0.6 is 0 Å². The summed E-state index contributed by atoms with van der Waals surface area (Å²) in [6, 6.07) is 3.42. The third kappa shape index (κ3) is 5.45. The second kappa shape index (κ2) is 8.38. The Morgan fingerprint density at radius 1 is 1.43 bits per heavy atom. The molecule has 0 aliphatic rings. The first-order chi connectivity index (χ1) is 11.1. The molecule has 7 nitrogen and oxygen atoms in total. The van der Waals surface area contributed by atoms with Crippen molar-refractivity contribution in [3.8, 4) is 11.4 Å². The first kappa shape index (κ1) is 17.1. The third-order valence-corrected chi connectivity index (χ3v) is 3.30. The van der Waals surface area contributed by atoms with Gasteiger partial charge in [0.2, 0.25) is 17.6 Å². The van der Waals surface area contributed by atoms with Gasteiger partial charge in [-0.15, -0.1) is 0 Å². The second-order valence-electron chi connectivity index (χ2n) is 5.83. The molecule has 0 radical (unpaired) electrons. The lowest BCUT2D eigenvalue weighted by Crippen LogP contribution is -2.38. The Labute approximate surface area is 135 Å². The lowest BCUT2D eigenvalue weighted by molar-refractivity contribution is -0.122. The fourth-order valence-corrected chi connectivity index (χ4v) is 2.24. The number of carbonyl (C=O) groups excluding carboxylic acids is 1. The minimum absolute atomic E-state index is 0.0599. The lowest BCUT2D eigenvalue weighted by atomic mass is 10.0. The number of aliphatic hydroxyl groups is 1. The Morgan fingerprint density at radius 3 is 2.91 bits per heavy atom. The van der Waals surface area contributed by atoms with Crippen LogP contribution in [0.2, 0.25) is 0 Å². The number of hydrogen-bond acceptors (Lipinski definition) is 6. The van der Waals surface area contributed by atoms with E-state index in [1.165, 1.54) is 0 Å². The standard InChI is InChI=1S/C16H22N4O3/c1-11(2)8-13(10-21)18-14(22)5-6-15-19-16(20-23-15)12-4-3-7-17-9-12/h3-4,7,9,11,13,21H,5-6,8,10H2,1-2H3,(H,18,22). The Kier molecular flexibility index (Phi) is 6.22. The monoisotopic (exact) mass is 318 g/mol. The number of aliphatic hydroxyl groups excluding tert-OH is 1. The molecule has 0 aliphatic heterocycles. The molecular weight excluding hydrogens is 296 g/mol. The molecule has 0 aromatic carbocycles. The average Bonchev–Trinajstić information content (AvgIpc) is 3.01. The van der Waals surface area contributed by atoms with Gasteiger partial charge in [0.25, 0.3) is 0 Å². The Hall–Kier alpha value is -2.28. The van der Waals surface area contributed by atoms with Gasteiger partial charge in [-0.3, -0.25) is 9.78 Å². The molecular formula is C16H22N4O3. The maximum absolute atomic E-state index is 11.9. The molecule has 2 rings (SSSR count). The third-order valence-electron chi connectivity index (χ3n) is 3.30. The zero-order valence-corrected chi connectivity index (χ0v) is 13.4. The number of aryl methyl sites for hydroxylation is 1. The van der Waals surface area contributed by atoms with Crippen molar-refractivity contribution in [1.29, 1.82) is 0 Å². The zero-order valence-electron chi connectivity index (χ0n) is 13.4. The summed E-state index contributed by atoms with van der Waals surface area (Å²) in [6.07, 6.45) is 4.67.